The summed E-state index contributed by atoms with van der Waals surface area (Å²) in [5.74, 6) is -0.959. The SMILES string of the molecule is Cc1noc(C)c1-c1ccc2c(c1)nc([C@@H]1CCCC(=O)N1c1ccc(F)c(F)c1)n2-c1ncc(CO)s1. The first kappa shape index (κ1) is 24.4. The van der Waals surface area contributed by atoms with E-state index in [1.807, 2.05) is 36.6 Å². The van der Waals surface area contributed by atoms with Crippen LogP contribution in [0.15, 0.2) is 47.1 Å². The van der Waals surface area contributed by atoms with Gasteiger partial charge in [0.15, 0.2) is 16.8 Å². The molecule has 1 amide bonds. The van der Waals surface area contributed by atoms with Crippen LogP contribution in [0.4, 0.5) is 14.5 Å². The minimum Gasteiger partial charge on any atom is -0.391 e. The summed E-state index contributed by atoms with van der Waals surface area (Å²) in [6.07, 6.45) is 3.09. The summed E-state index contributed by atoms with van der Waals surface area (Å²) in [7, 11) is 0. The number of hydrogen-bond acceptors (Lipinski definition) is 7. The average Bonchev–Trinajstić information content (AvgIpc) is 3.61. The Balaban J connectivity index is 1.56. The highest BCUT2D eigenvalue weighted by atomic mass is 32.1. The molecule has 1 N–H and O–H groups in total. The minimum absolute atomic E-state index is 0.154. The van der Waals surface area contributed by atoms with E-state index >= 15 is 0 Å². The normalized spacial score (nSPS) is 16.1. The van der Waals surface area contributed by atoms with E-state index in [0.717, 1.165) is 34.5 Å². The van der Waals surface area contributed by atoms with Crippen LogP contribution in [0.2, 0.25) is 0 Å². The molecule has 6 rings (SSSR count). The van der Waals surface area contributed by atoms with Crippen molar-refractivity contribution in [1.82, 2.24) is 19.7 Å². The number of carbonyl (C=O) groups is 1. The Bertz CT molecular complexity index is 1670. The van der Waals surface area contributed by atoms with Crippen molar-refractivity contribution in [3.63, 3.8) is 0 Å². The number of halogens is 2. The second kappa shape index (κ2) is 9.41. The Kier molecular flexibility index (Phi) is 6.04. The fourth-order valence-electron chi connectivity index (χ4n) is 5.12. The van der Waals surface area contributed by atoms with Gasteiger partial charge in [0.1, 0.15) is 11.6 Å². The van der Waals surface area contributed by atoms with Crippen LogP contribution in [0.25, 0.3) is 27.3 Å². The van der Waals surface area contributed by atoms with Crippen molar-refractivity contribution < 1.29 is 23.2 Å². The van der Waals surface area contributed by atoms with Gasteiger partial charge in [0, 0.05) is 29.9 Å². The number of aliphatic hydroxyl groups excluding tert-OH is 1. The Morgan fingerprint density at radius 3 is 2.71 bits per heavy atom. The van der Waals surface area contributed by atoms with Crippen molar-refractivity contribution >= 4 is 34.0 Å². The maximum atomic E-state index is 14.2. The third-order valence-electron chi connectivity index (χ3n) is 6.82. The molecule has 0 aliphatic carbocycles. The van der Waals surface area contributed by atoms with Gasteiger partial charge in [-0.25, -0.2) is 18.7 Å². The second-order valence-electron chi connectivity index (χ2n) is 9.25. The Hall–Kier alpha value is -3.96. The number of fused-ring (bicyclic) bond motifs is 1. The topological polar surface area (TPSA) is 97.3 Å². The van der Waals surface area contributed by atoms with Crippen molar-refractivity contribution in [1.29, 1.82) is 0 Å². The Labute approximate surface area is 220 Å². The molecule has 0 saturated carbocycles. The molecule has 0 radical (unpaired) electrons. The molecule has 2 aromatic carbocycles. The largest absolute Gasteiger partial charge is 0.391 e. The molecule has 1 fully saturated rings. The van der Waals surface area contributed by atoms with Crippen LogP contribution in [-0.2, 0) is 11.4 Å². The number of benzene rings is 2. The summed E-state index contributed by atoms with van der Waals surface area (Å²) in [4.78, 5) is 24.9. The maximum Gasteiger partial charge on any atom is 0.227 e. The monoisotopic (exact) mass is 535 g/mol. The van der Waals surface area contributed by atoms with Crippen LogP contribution in [0.5, 0.6) is 0 Å². The second-order valence-corrected chi connectivity index (χ2v) is 10.3. The lowest BCUT2D eigenvalue weighted by Crippen LogP contribution is -2.39. The number of nitrogens with zero attached hydrogens (tertiary/aromatic N) is 5. The molecule has 11 heteroatoms. The van der Waals surface area contributed by atoms with Gasteiger partial charge in [0.2, 0.25) is 5.91 Å². The van der Waals surface area contributed by atoms with E-state index in [-0.39, 0.29) is 24.6 Å². The van der Waals surface area contributed by atoms with Gasteiger partial charge >= 0.3 is 0 Å². The van der Waals surface area contributed by atoms with Gasteiger partial charge in [-0.3, -0.25) is 9.36 Å². The standard InChI is InChI=1S/C27H23F2N5O3S/c1-14-25(15(2)37-32-14)16-6-9-22-21(10-16)31-26(34(22)27-30-12-18(13-35)38-27)23-4-3-5-24(36)33(23)17-7-8-19(28)20(29)11-17/h6-12,23,35H,3-5,13H2,1-2H3/t23-/m0/s1. The molecule has 0 bridgehead atoms. The summed E-state index contributed by atoms with van der Waals surface area (Å²) in [6.45, 7) is 3.57. The number of aryl methyl sites for hydroxylation is 2. The molecular formula is C27H23F2N5O3S. The maximum absolute atomic E-state index is 14.2. The van der Waals surface area contributed by atoms with Crippen LogP contribution < -0.4 is 4.90 Å². The van der Waals surface area contributed by atoms with E-state index in [4.69, 9.17) is 9.51 Å². The molecule has 0 unspecified atom stereocenters. The third kappa shape index (κ3) is 3.98. The van der Waals surface area contributed by atoms with Crippen molar-refractivity contribution in [3.8, 4) is 16.3 Å². The number of hydrogen-bond donors (Lipinski definition) is 1. The van der Waals surface area contributed by atoms with Gasteiger partial charge < -0.3 is 14.5 Å². The lowest BCUT2D eigenvalue weighted by Gasteiger charge is -2.35. The minimum atomic E-state index is -1.02. The van der Waals surface area contributed by atoms with E-state index in [0.29, 0.717) is 40.0 Å². The van der Waals surface area contributed by atoms with E-state index < -0.39 is 17.7 Å². The molecule has 4 heterocycles. The van der Waals surface area contributed by atoms with Crippen LogP contribution in [-0.4, -0.2) is 30.7 Å². The number of anilines is 1. The lowest BCUT2D eigenvalue weighted by molar-refractivity contribution is -0.120. The van der Waals surface area contributed by atoms with Gasteiger partial charge in [0.05, 0.1) is 34.3 Å². The summed E-state index contributed by atoms with van der Waals surface area (Å²) in [6, 6.07) is 8.76. The van der Waals surface area contributed by atoms with Crippen molar-refractivity contribution in [2.75, 3.05) is 4.90 Å². The Morgan fingerprint density at radius 2 is 2.00 bits per heavy atom. The van der Waals surface area contributed by atoms with Crippen molar-refractivity contribution in [2.24, 2.45) is 0 Å². The van der Waals surface area contributed by atoms with Crippen LogP contribution in [0, 0.1) is 25.5 Å². The Morgan fingerprint density at radius 1 is 1.16 bits per heavy atom. The molecule has 1 saturated heterocycles. The zero-order chi connectivity index (χ0) is 26.6. The number of aliphatic hydroxyl groups is 1. The van der Waals surface area contributed by atoms with E-state index in [1.54, 1.807) is 6.20 Å². The fourth-order valence-corrected chi connectivity index (χ4v) is 5.91. The van der Waals surface area contributed by atoms with Gasteiger partial charge in [-0.15, -0.1) is 0 Å². The first-order chi connectivity index (χ1) is 18.4. The van der Waals surface area contributed by atoms with Crippen LogP contribution in [0.3, 0.4) is 0 Å². The summed E-state index contributed by atoms with van der Waals surface area (Å²) in [5, 5.41) is 14.3. The highest BCUT2D eigenvalue weighted by molar-refractivity contribution is 7.14. The lowest BCUT2D eigenvalue weighted by atomic mass is 9.99. The summed E-state index contributed by atoms with van der Waals surface area (Å²) in [5.41, 5.74) is 4.23. The fraction of sp³-hybridized carbons (Fsp3) is 0.259. The number of piperidine rings is 1. The number of rotatable bonds is 5. The number of carbonyl (C=O) groups excluding carboxylic acids is 1. The van der Waals surface area contributed by atoms with E-state index in [9.17, 15) is 18.7 Å². The third-order valence-corrected chi connectivity index (χ3v) is 7.79. The molecule has 3 aromatic heterocycles. The first-order valence-corrected chi connectivity index (χ1v) is 13.0. The van der Waals surface area contributed by atoms with Crippen LogP contribution in [0.1, 0.15) is 47.5 Å². The summed E-state index contributed by atoms with van der Waals surface area (Å²) < 4.78 is 35.2. The molecule has 1 aliphatic rings. The molecule has 38 heavy (non-hydrogen) atoms. The average molecular weight is 536 g/mol. The molecule has 1 atom stereocenters. The van der Waals surface area contributed by atoms with Gasteiger partial charge in [-0.1, -0.05) is 22.6 Å². The number of amides is 1. The highest BCUT2D eigenvalue weighted by Crippen LogP contribution is 2.40. The molecule has 8 nitrogen and oxygen atoms in total. The van der Waals surface area contributed by atoms with Gasteiger partial charge in [0.25, 0.3) is 0 Å². The number of imidazole rings is 1. The van der Waals surface area contributed by atoms with E-state index in [1.165, 1.54) is 22.3 Å². The molecule has 0 spiro atoms. The zero-order valence-corrected chi connectivity index (χ0v) is 21.4. The predicted octanol–water partition coefficient (Wildman–Crippen LogP) is 5.78. The molecule has 1 aliphatic heterocycles. The molecular weight excluding hydrogens is 512 g/mol. The predicted molar refractivity (Wildman–Crippen MR) is 138 cm³/mol. The number of aromatic nitrogens is 4. The number of thiazole rings is 1. The van der Waals surface area contributed by atoms with Crippen LogP contribution >= 0.6 is 11.3 Å². The summed E-state index contributed by atoms with van der Waals surface area (Å²) >= 11 is 1.32. The van der Waals surface area contributed by atoms with Crippen molar-refractivity contribution in [3.05, 3.63) is 76.4 Å². The van der Waals surface area contributed by atoms with Gasteiger partial charge in [-0.05, 0) is 56.5 Å². The first-order valence-electron chi connectivity index (χ1n) is 12.1. The molecule has 5 aromatic rings. The zero-order valence-electron chi connectivity index (χ0n) is 20.6. The quantitative estimate of drug-likeness (QED) is 0.306. The molecule has 194 valence electrons. The van der Waals surface area contributed by atoms with Gasteiger partial charge in [-0.2, -0.15) is 0 Å². The van der Waals surface area contributed by atoms with Crippen molar-refractivity contribution in [2.45, 2.75) is 45.8 Å². The highest BCUT2D eigenvalue weighted by Gasteiger charge is 2.35. The smallest absolute Gasteiger partial charge is 0.227 e. The van der Waals surface area contributed by atoms with E-state index in [2.05, 4.69) is 10.1 Å².